The first kappa shape index (κ1) is 33.9. The minimum absolute atomic E-state index is 0.600. The summed E-state index contributed by atoms with van der Waals surface area (Å²) in [7, 11) is 0. The van der Waals surface area contributed by atoms with Crippen molar-refractivity contribution in [3.63, 3.8) is 0 Å². The molecule has 0 saturated carbocycles. The quantitative estimate of drug-likeness (QED) is 0.169. The van der Waals surface area contributed by atoms with E-state index in [1.165, 1.54) is 43.7 Å². The zero-order valence-corrected chi connectivity index (χ0v) is 32.3. The molecule has 0 aliphatic heterocycles. The van der Waals surface area contributed by atoms with E-state index in [-0.39, 0.29) is 0 Å². The Morgan fingerprint density at radius 2 is 0.883 bits per heavy atom. The zero-order chi connectivity index (χ0) is 39.6. The molecule has 3 aromatic heterocycles. The molecule has 5 nitrogen and oxygen atoms in total. The van der Waals surface area contributed by atoms with Gasteiger partial charge in [0.25, 0.3) is 0 Å². The molecule has 3 heterocycles. The van der Waals surface area contributed by atoms with Gasteiger partial charge in [-0.1, -0.05) is 146 Å². The second-order valence-corrected chi connectivity index (χ2v) is 15.2. The minimum atomic E-state index is 0.600. The molecule has 0 fully saturated rings. The molecule has 280 valence electrons. The first-order valence-corrected chi connectivity index (χ1v) is 20.2. The van der Waals surface area contributed by atoms with Crippen molar-refractivity contribution in [2.75, 3.05) is 0 Å². The molecule has 0 bridgehead atoms. The number of para-hydroxylation sites is 2. The van der Waals surface area contributed by atoms with Crippen molar-refractivity contribution in [3.8, 4) is 62.1 Å². The van der Waals surface area contributed by atoms with Crippen molar-refractivity contribution < 1.29 is 4.42 Å². The smallest absolute Gasteiger partial charge is 0.164 e. The summed E-state index contributed by atoms with van der Waals surface area (Å²) >= 11 is 0. The molecule has 12 aromatic rings. The van der Waals surface area contributed by atoms with Crippen molar-refractivity contribution >= 4 is 54.5 Å². The Kier molecular flexibility index (Phi) is 7.78. The average Bonchev–Trinajstić information content (AvgIpc) is 3.87. The van der Waals surface area contributed by atoms with E-state index < -0.39 is 0 Å². The summed E-state index contributed by atoms with van der Waals surface area (Å²) in [6.07, 6.45) is 0. The molecule has 0 atom stereocenters. The Balaban J connectivity index is 0.963. The SMILES string of the molecule is c1ccc(-c2nc(-c3ccccc3)nc(-c3cccc4oc5ccc(-c6ccc7ccc(-c8ccc9c(c8)c8ccccc8n9-c8ccccc8)cc7c6)cc5c34)n2)cc1. The molecule has 0 unspecified atom stereocenters. The number of benzene rings is 9. The second kappa shape index (κ2) is 13.8. The molecule has 9 aromatic carbocycles. The van der Waals surface area contributed by atoms with E-state index in [4.69, 9.17) is 19.4 Å². The van der Waals surface area contributed by atoms with Crippen LogP contribution >= 0.6 is 0 Å². The van der Waals surface area contributed by atoms with Gasteiger partial charge in [0.15, 0.2) is 17.5 Å². The van der Waals surface area contributed by atoms with Gasteiger partial charge in [-0.15, -0.1) is 0 Å². The van der Waals surface area contributed by atoms with Crippen molar-refractivity contribution in [1.82, 2.24) is 19.5 Å². The van der Waals surface area contributed by atoms with Crippen LogP contribution in [-0.4, -0.2) is 19.5 Å². The average molecular weight is 767 g/mol. The van der Waals surface area contributed by atoms with Gasteiger partial charge in [0.1, 0.15) is 11.2 Å². The Morgan fingerprint density at radius 1 is 0.333 bits per heavy atom. The number of hydrogen-bond acceptors (Lipinski definition) is 4. The first-order chi connectivity index (χ1) is 29.7. The lowest BCUT2D eigenvalue weighted by atomic mass is 9.96. The highest BCUT2D eigenvalue weighted by Crippen LogP contribution is 2.40. The second-order valence-electron chi connectivity index (χ2n) is 15.2. The fraction of sp³-hybridized carbons (Fsp3) is 0. The molecule has 0 N–H and O–H groups in total. The van der Waals surface area contributed by atoms with Gasteiger partial charge in [0.2, 0.25) is 0 Å². The summed E-state index contributed by atoms with van der Waals surface area (Å²) in [5.74, 6) is 1.85. The number of nitrogens with zero attached hydrogens (tertiary/aromatic N) is 4. The van der Waals surface area contributed by atoms with Crippen LogP contribution < -0.4 is 0 Å². The minimum Gasteiger partial charge on any atom is -0.456 e. The highest BCUT2D eigenvalue weighted by molar-refractivity contribution is 6.13. The number of fused-ring (bicyclic) bond motifs is 7. The Hall–Kier alpha value is -8.15. The zero-order valence-electron chi connectivity index (χ0n) is 32.3. The van der Waals surface area contributed by atoms with Gasteiger partial charge in [-0.25, -0.2) is 15.0 Å². The van der Waals surface area contributed by atoms with Crippen LogP contribution in [0, 0.1) is 0 Å². The van der Waals surface area contributed by atoms with E-state index in [1.54, 1.807) is 0 Å². The molecule has 0 saturated heterocycles. The summed E-state index contributed by atoms with van der Waals surface area (Å²) in [5.41, 5.74) is 12.5. The summed E-state index contributed by atoms with van der Waals surface area (Å²) in [6.45, 7) is 0. The first-order valence-electron chi connectivity index (χ1n) is 20.2. The maximum Gasteiger partial charge on any atom is 0.164 e. The van der Waals surface area contributed by atoms with Gasteiger partial charge in [0, 0.05) is 43.9 Å². The van der Waals surface area contributed by atoms with E-state index >= 15 is 0 Å². The molecule has 0 amide bonds. The monoisotopic (exact) mass is 766 g/mol. The Labute approximate surface area is 345 Å². The van der Waals surface area contributed by atoms with Crippen LogP contribution in [0.25, 0.3) is 117 Å². The van der Waals surface area contributed by atoms with Crippen LogP contribution in [0.15, 0.2) is 211 Å². The van der Waals surface area contributed by atoms with E-state index in [0.29, 0.717) is 17.5 Å². The normalized spacial score (nSPS) is 11.7. The summed E-state index contributed by atoms with van der Waals surface area (Å²) in [4.78, 5) is 15.1. The molecule has 0 aliphatic rings. The molecule has 0 aliphatic carbocycles. The van der Waals surface area contributed by atoms with Crippen LogP contribution in [0.2, 0.25) is 0 Å². The van der Waals surface area contributed by atoms with Crippen LogP contribution in [0.4, 0.5) is 0 Å². The lowest BCUT2D eigenvalue weighted by Gasteiger charge is -2.10. The largest absolute Gasteiger partial charge is 0.456 e. The third-order valence-electron chi connectivity index (χ3n) is 11.6. The van der Waals surface area contributed by atoms with Crippen LogP contribution in [0.3, 0.4) is 0 Å². The number of rotatable bonds is 6. The van der Waals surface area contributed by atoms with Crippen LogP contribution in [0.1, 0.15) is 0 Å². The fourth-order valence-corrected chi connectivity index (χ4v) is 8.74. The summed E-state index contributed by atoms with van der Waals surface area (Å²) in [6, 6.07) is 72.4. The molecule has 5 heteroatoms. The predicted molar refractivity (Wildman–Crippen MR) is 246 cm³/mol. The fourth-order valence-electron chi connectivity index (χ4n) is 8.74. The number of hydrogen-bond donors (Lipinski definition) is 0. The van der Waals surface area contributed by atoms with Crippen molar-refractivity contribution in [2.45, 2.75) is 0 Å². The predicted octanol–water partition coefficient (Wildman–Crippen LogP) is 14.4. The molecular weight excluding hydrogens is 733 g/mol. The maximum absolute atomic E-state index is 6.48. The van der Waals surface area contributed by atoms with E-state index in [9.17, 15) is 0 Å². The molecular formula is C55H34N4O. The molecule has 60 heavy (non-hydrogen) atoms. The van der Waals surface area contributed by atoms with Crippen molar-refractivity contribution in [1.29, 1.82) is 0 Å². The van der Waals surface area contributed by atoms with Gasteiger partial charge < -0.3 is 8.98 Å². The van der Waals surface area contributed by atoms with Crippen molar-refractivity contribution in [3.05, 3.63) is 206 Å². The highest BCUT2D eigenvalue weighted by atomic mass is 16.3. The van der Waals surface area contributed by atoms with Gasteiger partial charge in [-0.2, -0.15) is 0 Å². The van der Waals surface area contributed by atoms with Gasteiger partial charge in [0.05, 0.1) is 11.0 Å². The Morgan fingerprint density at radius 3 is 1.58 bits per heavy atom. The molecule has 12 rings (SSSR count). The molecule has 0 radical (unpaired) electrons. The van der Waals surface area contributed by atoms with Gasteiger partial charge >= 0.3 is 0 Å². The standard InChI is InChI=1S/C55H34N4O/c1-4-13-36(14-5-1)53-56-54(37-15-6-2-7-16-37)58-55(57-53)45-20-12-22-51-52(45)47-34-41(28-30-50(47)60-51)39-26-24-35-23-25-38(31-42(35)32-39)40-27-29-49-46(33-40)44-19-10-11-21-48(44)59(49)43-17-8-3-9-18-43/h1-34H. The van der Waals surface area contributed by atoms with E-state index in [2.05, 4.69) is 138 Å². The van der Waals surface area contributed by atoms with Crippen LogP contribution in [-0.2, 0) is 0 Å². The maximum atomic E-state index is 6.48. The Bertz CT molecular complexity index is 3530. The molecule has 0 spiro atoms. The third-order valence-corrected chi connectivity index (χ3v) is 11.6. The summed E-state index contributed by atoms with van der Waals surface area (Å²) in [5, 5.41) is 6.85. The lowest BCUT2D eigenvalue weighted by molar-refractivity contribution is 0.669. The van der Waals surface area contributed by atoms with Gasteiger partial charge in [-0.3, -0.25) is 0 Å². The van der Waals surface area contributed by atoms with E-state index in [0.717, 1.165) is 55.4 Å². The topological polar surface area (TPSA) is 56.7 Å². The number of furan rings is 1. The highest BCUT2D eigenvalue weighted by Gasteiger charge is 2.19. The van der Waals surface area contributed by atoms with Gasteiger partial charge in [-0.05, 0) is 93.7 Å². The third kappa shape index (κ3) is 5.67. The van der Waals surface area contributed by atoms with E-state index in [1.807, 2.05) is 72.8 Å². The van der Waals surface area contributed by atoms with Crippen LogP contribution in [0.5, 0.6) is 0 Å². The van der Waals surface area contributed by atoms with Crippen molar-refractivity contribution in [2.24, 2.45) is 0 Å². The summed E-state index contributed by atoms with van der Waals surface area (Å²) < 4.78 is 8.84. The number of aromatic nitrogens is 4. The lowest BCUT2D eigenvalue weighted by Crippen LogP contribution is -2.00.